The van der Waals surface area contributed by atoms with E-state index in [1.54, 1.807) is 0 Å². The molecule has 0 aromatic carbocycles. The van der Waals surface area contributed by atoms with Gasteiger partial charge in [0.15, 0.2) is 0 Å². The number of ether oxygens (including phenoxy) is 2. The SMILES string of the molecule is CC(C)NCC1CCC(COCC(F)(F)F)O1. The van der Waals surface area contributed by atoms with Crippen molar-refractivity contribution in [2.75, 3.05) is 19.8 Å². The molecule has 1 aliphatic rings. The molecule has 0 aromatic rings. The summed E-state index contributed by atoms with van der Waals surface area (Å²) in [7, 11) is 0. The molecule has 17 heavy (non-hydrogen) atoms. The van der Waals surface area contributed by atoms with E-state index >= 15 is 0 Å². The number of halogens is 3. The minimum Gasteiger partial charge on any atom is -0.371 e. The molecule has 2 unspecified atom stereocenters. The smallest absolute Gasteiger partial charge is 0.371 e. The van der Waals surface area contributed by atoms with E-state index in [0.717, 1.165) is 19.4 Å². The van der Waals surface area contributed by atoms with Crippen LogP contribution >= 0.6 is 0 Å². The molecule has 102 valence electrons. The summed E-state index contributed by atoms with van der Waals surface area (Å²) in [5.41, 5.74) is 0. The van der Waals surface area contributed by atoms with Gasteiger partial charge in [-0.05, 0) is 12.8 Å². The van der Waals surface area contributed by atoms with E-state index in [2.05, 4.69) is 10.1 Å². The highest BCUT2D eigenvalue weighted by Crippen LogP contribution is 2.21. The molecule has 1 N–H and O–H groups in total. The van der Waals surface area contributed by atoms with E-state index in [9.17, 15) is 13.2 Å². The van der Waals surface area contributed by atoms with Crippen molar-refractivity contribution < 1.29 is 22.6 Å². The van der Waals surface area contributed by atoms with E-state index < -0.39 is 12.8 Å². The number of rotatable bonds is 6. The van der Waals surface area contributed by atoms with Gasteiger partial charge in [-0.3, -0.25) is 0 Å². The quantitative estimate of drug-likeness (QED) is 0.788. The molecule has 0 saturated carbocycles. The number of hydrogen-bond acceptors (Lipinski definition) is 3. The minimum atomic E-state index is -4.25. The van der Waals surface area contributed by atoms with Crippen molar-refractivity contribution in [3.8, 4) is 0 Å². The first kappa shape index (κ1) is 14.7. The Kier molecular flexibility index (Phi) is 5.69. The van der Waals surface area contributed by atoms with Gasteiger partial charge >= 0.3 is 6.18 Å². The zero-order chi connectivity index (χ0) is 12.9. The van der Waals surface area contributed by atoms with Crippen molar-refractivity contribution in [2.45, 2.75) is 51.1 Å². The lowest BCUT2D eigenvalue weighted by atomic mass is 10.2. The maximum absolute atomic E-state index is 11.8. The van der Waals surface area contributed by atoms with Gasteiger partial charge in [0.1, 0.15) is 6.61 Å². The Balaban J connectivity index is 2.09. The predicted molar refractivity (Wildman–Crippen MR) is 57.9 cm³/mol. The first-order valence-electron chi connectivity index (χ1n) is 5.90. The van der Waals surface area contributed by atoms with Crippen molar-refractivity contribution >= 4 is 0 Å². The molecule has 6 heteroatoms. The third-order valence-corrected chi connectivity index (χ3v) is 2.52. The van der Waals surface area contributed by atoms with Crippen molar-refractivity contribution in [3.63, 3.8) is 0 Å². The largest absolute Gasteiger partial charge is 0.411 e. The van der Waals surface area contributed by atoms with Crippen LogP contribution in [-0.2, 0) is 9.47 Å². The average Bonchev–Trinajstić information content (AvgIpc) is 2.61. The number of nitrogens with one attached hydrogen (secondary N) is 1. The van der Waals surface area contributed by atoms with Gasteiger partial charge in [-0.25, -0.2) is 0 Å². The van der Waals surface area contributed by atoms with E-state index in [1.165, 1.54) is 0 Å². The van der Waals surface area contributed by atoms with Crippen molar-refractivity contribution in [3.05, 3.63) is 0 Å². The van der Waals surface area contributed by atoms with E-state index in [-0.39, 0.29) is 18.8 Å². The average molecular weight is 255 g/mol. The molecule has 1 saturated heterocycles. The van der Waals surface area contributed by atoms with Gasteiger partial charge in [-0.15, -0.1) is 0 Å². The molecule has 0 aliphatic carbocycles. The Morgan fingerprint density at radius 2 is 1.94 bits per heavy atom. The highest BCUT2D eigenvalue weighted by Gasteiger charge is 2.30. The first-order valence-corrected chi connectivity index (χ1v) is 5.90. The van der Waals surface area contributed by atoms with Gasteiger partial charge in [0.05, 0.1) is 18.8 Å². The second-order valence-corrected chi connectivity index (χ2v) is 4.65. The summed E-state index contributed by atoms with van der Waals surface area (Å²) in [5, 5.41) is 3.24. The molecule has 0 amide bonds. The lowest BCUT2D eigenvalue weighted by Gasteiger charge is -2.16. The molecule has 1 rings (SSSR count). The monoisotopic (exact) mass is 255 g/mol. The van der Waals surface area contributed by atoms with Crippen LogP contribution in [0.1, 0.15) is 26.7 Å². The lowest BCUT2D eigenvalue weighted by molar-refractivity contribution is -0.180. The van der Waals surface area contributed by atoms with Crippen molar-refractivity contribution in [1.29, 1.82) is 0 Å². The summed E-state index contributed by atoms with van der Waals surface area (Å²) >= 11 is 0. The van der Waals surface area contributed by atoms with Crippen molar-refractivity contribution in [1.82, 2.24) is 5.32 Å². The summed E-state index contributed by atoms with van der Waals surface area (Å²) < 4.78 is 45.7. The molecule has 0 radical (unpaired) electrons. The second-order valence-electron chi connectivity index (χ2n) is 4.65. The molecule has 2 atom stereocenters. The number of hydrogen-bond donors (Lipinski definition) is 1. The highest BCUT2D eigenvalue weighted by molar-refractivity contribution is 4.75. The van der Waals surface area contributed by atoms with Crippen LogP contribution in [0.3, 0.4) is 0 Å². The molecule has 0 bridgehead atoms. The predicted octanol–water partition coefficient (Wildman–Crippen LogP) is 2.11. The highest BCUT2D eigenvalue weighted by atomic mass is 19.4. The minimum absolute atomic E-state index is 0.0255. The molecular weight excluding hydrogens is 235 g/mol. The first-order chi connectivity index (χ1) is 7.87. The number of alkyl halides is 3. The third kappa shape index (κ3) is 6.85. The van der Waals surface area contributed by atoms with Gasteiger partial charge in [-0.1, -0.05) is 13.8 Å². The van der Waals surface area contributed by atoms with Gasteiger partial charge in [0.2, 0.25) is 0 Å². The van der Waals surface area contributed by atoms with Crippen molar-refractivity contribution in [2.24, 2.45) is 0 Å². The van der Waals surface area contributed by atoms with Crippen LogP contribution in [0.5, 0.6) is 0 Å². The van der Waals surface area contributed by atoms with Gasteiger partial charge < -0.3 is 14.8 Å². The van der Waals surface area contributed by atoms with Crippen LogP contribution in [0.2, 0.25) is 0 Å². The fourth-order valence-corrected chi connectivity index (χ4v) is 1.73. The Hall–Kier alpha value is -0.330. The van der Waals surface area contributed by atoms with Crippen LogP contribution < -0.4 is 5.32 Å². The maximum atomic E-state index is 11.8. The summed E-state index contributed by atoms with van der Waals surface area (Å²) in [6.45, 7) is 3.66. The second kappa shape index (κ2) is 6.56. The Morgan fingerprint density at radius 3 is 2.53 bits per heavy atom. The summed E-state index contributed by atoms with van der Waals surface area (Å²) in [5.74, 6) is 0. The van der Waals surface area contributed by atoms with Crippen LogP contribution in [0.4, 0.5) is 13.2 Å². The summed E-state index contributed by atoms with van der Waals surface area (Å²) in [4.78, 5) is 0. The molecule has 0 spiro atoms. The van der Waals surface area contributed by atoms with Gasteiger partial charge in [0.25, 0.3) is 0 Å². The maximum Gasteiger partial charge on any atom is 0.411 e. The molecule has 0 aromatic heterocycles. The van der Waals surface area contributed by atoms with Crippen LogP contribution in [0, 0.1) is 0 Å². The molecule has 1 aliphatic heterocycles. The molecule has 1 heterocycles. The fraction of sp³-hybridized carbons (Fsp3) is 1.00. The zero-order valence-corrected chi connectivity index (χ0v) is 10.2. The lowest BCUT2D eigenvalue weighted by Crippen LogP contribution is -2.32. The third-order valence-electron chi connectivity index (χ3n) is 2.52. The Labute approximate surface area is 99.7 Å². The Morgan fingerprint density at radius 1 is 1.29 bits per heavy atom. The van der Waals surface area contributed by atoms with Crippen LogP contribution in [0.15, 0.2) is 0 Å². The van der Waals surface area contributed by atoms with E-state index in [1.807, 2.05) is 13.8 Å². The summed E-state index contributed by atoms with van der Waals surface area (Å²) in [6, 6.07) is 0.388. The molecule has 3 nitrogen and oxygen atoms in total. The standard InChI is InChI=1S/C11H20F3NO2/c1-8(2)15-5-9-3-4-10(17-9)6-16-7-11(12,13)14/h8-10,15H,3-7H2,1-2H3. The fourth-order valence-electron chi connectivity index (χ4n) is 1.73. The Bertz CT molecular complexity index is 221. The molecular formula is C11H20F3NO2. The normalized spacial score (nSPS) is 25.8. The summed E-state index contributed by atoms with van der Waals surface area (Å²) in [6.07, 6.45) is -2.72. The van der Waals surface area contributed by atoms with E-state index in [4.69, 9.17) is 4.74 Å². The zero-order valence-electron chi connectivity index (χ0n) is 10.2. The van der Waals surface area contributed by atoms with Crippen LogP contribution in [-0.4, -0.2) is 44.2 Å². The van der Waals surface area contributed by atoms with E-state index in [0.29, 0.717) is 6.04 Å². The van der Waals surface area contributed by atoms with Gasteiger partial charge in [0, 0.05) is 12.6 Å². The topological polar surface area (TPSA) is 30.5 Å². The van der Waals surface area contributed by atoms with Gasteiger partial charge in [-0.2, -0.15) is 13.2 Å². The molecule has 1 fully saturated rings. The van der Waals surface area contributed by atoms with Crippen LogP contribution in [0.25, 0.3) is 0 Å².